The van der Waals surface area contributed by atoms with E-state index in [1.54, 1.807) is 0 Å². The Hall–Kier alpha value is -2.32. The zero-order valence-electron chi connectivity index (χ0n) is 34.8. The van der Waals surface area contributed by atoms with E-state index in [1.807, 2.05) is 0 Å². The highest BCUT2D eigenvalue weighted by Gasteiger charge is 2.61. The van der Waals surface area contributed by atoms with Gasteiger partial charge < -0.3 is 15.3 Å². The van der Waals surface area contributed by atoms with Gasteiger partial charge >= 0.3 is 11.9 Å². The number of rotatable bonds is 38. The molecule has 0 amide bonds. The molecule has 308 valence electrons. The van der Waals surface area contributed by atoms with E-state index in [9.17, 15) is 34.5 Å². The van der Waals surface area contributed by atoms with Crippen molar-refractivity contribution in [2.24, 2.45) is 10.8 Å². The van der Waals surface area contributed by atoms with Crippen LogP contribution in [0.3, 0.4) is 0 Å². The van der Waals surface area contributed by atoms with Crippen molar-refractivity contribution in [3.8, 4) is 0 Å². The summed E-state index contributed by atoms with van der Waals surface area (Å²) in [7, 11) is 1.30. The number of carboxylic acid groups (broad SMARTS) is 2. The zero-order chi connectivity index (χ0) is 39.9. The Labute approximate surface area is 324 Å². The van der Waals surface area contributed by atoms with Crippen LogP contribution in [0.25, 0.3) is 0 Å². The van der Waals surface area contributed by atoms with Gasteiger partial charge in [0.1, 0.15) is 16.9 Å². The molecule has 0 aliphatic rings. The molecule has 8 nitrogen and oxygen atoms in total. The first-order valence-electron chi connectivity index (χ1n) is 21.6. The summed E-state index contributed by atoms with van der Waals surface area (Å²) < 4.78 is 0. The minimum absolute atomic E-state index is 0.00734. The Kier molecular flexibility index (Phi) is 29.6. The predicted octanol–water partition coefficient (Wildman–Crippen LogP) is 11.7. The summed E-state index contributed by atoms with van der Waals surface area (Å²) in [5, 5.41) is 34.7. The molecular formula is C45H81NO7. The van der Waals surface area contributed by atoms with Crippen LogP contribution in [0.4, 0.5) is 0 Å². The number of hydrogen-bond donors (Lipinski definition) is 4. The Morgan fingerprint density at radius 1 is 0.491 bits per heavy atom. The van der Waals surface area contributed by atoms with Gasteiger partial charge in [0.15, 0.2) is 11.2 Å². The summed E-state index contributed by atoms with van der Waals surface area (Å²) in [4.78, 5) is 52.0. The van der Waals surface area contributed by atoms with Crippen LogP contribution >= 0.6 is 0 Å². The lowest BCUT2D eigenvalue weighted by molar-refractivity contribution is -0.188. The summed E-state index contributed by atoms with van der Waals surface area (Å²) in [6.45, 7) is 6.83. The molecule has 0 radical (unpaired) electrons. The highest BCUT2D eigenvalue weighted by atomic mass is 16.4. The topological polar surface area (TPSA) is 141 Å². The van der Waals surface area contributed by atoms with E-state index in [2.05, 4.69) is 43.5 Å². The van der Waals surface area contributed by atoms with Gasteiger partial charge in [-0.15, -0.1) is 0 Å². The molecule has 0 aromatic carbocycles. The van der Waals surface area contributed by atoms with Crippen molar-refractivity contribution in [1.82, 2.24) is 5.32 Å². The fourth-order valence-electron chi connectivity index (χ4n) is 7.09. The van der Waals surface area contributed by atoms with Gasteiger partial charge in [0.25, 0.3) is 0 Å². The third-order valence-electron chi connectivity index (χ3n) is 11.3. The van der Waals surface area contributed by atoms with E-state index >= 15 is 0 Å². The molecule has 0 rings (SSSR count). The number of allylic oxidation sites excluding steroid dienone is 4. The van der Waals surface area contributed by atoms with E-state index in [1.165, 1.54) is 91.0 Å². The van der Waals surface area contributed by atoms with E-state index < -0.39 is 46.5 Å². The smallest absolute Gasteiger partial charge is 0.321 e. The lowest BCUT2D eigenvalue weighted by Crippen LogP contribution is -2.65. The molecule has 0 fully saturated rings. The molecule has 0 bridgehead atoms. The number of carboxylic acids is 2. The third kappa shape index (κ3) is 20.8. The van der Waals surface area contributed by atoms with Crippen LogP contribution < -0.4 is 5.32 Å². The van der Waals surface area contributed by atoms with Crippen molar-refractivity contribution < 1.29 is 34.5 Å². The highest BCUT2D eigenvalue weighted by Crippen LogP contribution is 2.42. The average molecular weight is 748 g/mol. The molecule has 0 aromatic heterocycles. The number of aliphatic carboxylic acids is 2. The first-order chi connectivity index (χ1) is 25.4. The minimum Gasteiger partial charge on any atom is -0.481 e. The first-order valence-corrected chi connectivity index (χ1v) is 21.6. The van der Waals surface area contributed by atoms with Crippen LogP contribution in [-0.4, -0.2) is 51.6 Å². The Bertz CT molecular complexity index is 1060. The Morgan fingerprint density at radius 3 is 1.13 bits per heavy atom. The number of nitrogens with one attached hydrogen (secondary N) is 1. The fourth-order valence-corrected chi connectivity index (χ4v) is 7.09. The molecule has 0 heterocycles. The Balaban J connectivity index is 4.77. The predicted molar refractivity (Wildman–Crippen MR) is 219 cm³/mol. The quantitative estimate of drug-likeness (QED) is 0.0212. The molecule has 4 N–H and O–H groups in total. The van der Waals surface area contributed by atoms with Crippen LogP contribution in [0.1, 0.15) is 214 Å². The van der Waals surface area contributed by atoms with Crippen molar-refractivity contribution in [3.63, 3.8) is 0 Å². The molecule has 0 saturated carbocycles. The highest BCUT2D eigenvalue weighted by molar-refractivity contribution is 6.05. The monoisotopic (exact) mass is 748 g/mol. The summed E-state index contributed by atoms with van der Waals surface area (Å²) in [6, 6.07) is 0. The third-order valence-corrected chi connectivity index (χ3v) is 11.3. The molecule has 0 aromatic rings. The van der Waals surface area contributed by atoms with Crippen LogP contribution in [0.5, 0.6) is 0 Å². The van der Waals surface area contributed by atoms with Crippen LogP contribution in [-0.2, 0) is 19.2 Å². The van der Waals surface area contributed by atoms with Gasteiger partial charge in [0, 0.05) is 19.3 Å². The maximum absolute atomic E-state index is 13.5. The molecule has 3 unspecified atom stereocenters. The number of hydrogen-bond acceptors (Lipinski definition) is 6. The van der Waals surface area contributed by atoms with Gasteiger partial charge in [-0.05, 0) is 85.1 Å². The standard InChI is InChI=1S/C45H81NO7/c1-6-8-10-12-14-16-18-20-22-24-26-28-30-32-34-36-39(47)43(3,41(49)50)38-45(53,46-5)44(4,42(51)52)40(48)37-35-33-31-29-27-25-23-21-19-17-15-13-11-9-7-2/h20-23,46,53H,6-19,24-38H2,1-5H3,(H,49,50)(H,51,52)/b22-20?,23-21-. The van der Waals surface area contributed by atoms with Crippen LogP contribution in [0, 0.1) is 10.8 Å². The van der Waals surface area contributed by atoms with Crippen molar-refractivity contribution >= 4 is 23.5 Å². The molecule has 8 heteroatoms. The summed E-state index contributed by atoms with van der Waals surface area (Å²) in [6.07, 6.45) is 36.8. The summed E-state index contributed by atoms with van der Waals surface area (Å²) in [5.74, 6) is -4.25. The second-order valence-corrected chi connectivity index (χ2v) is 15.9. The van der Waals surface area contributed by atoms with Crippen molar-refractivity contribution in [2.45, 2.75) is 220 Å². The van der Waals surface area contributed by atoms with Crippen LogP contribution in [0.2, 0.25) is 0 Å². The van der Waals surface area contributed by atoms with Gasteiger partial charge in [-0.1, -0.05) is 141 Å². The lowest BCUT2D eigenvalue weighted by Gasteiger charge is -2.44. The van der Waals surface area contributed by atoms with Gasteiger partial charge in [0.05, 0.1) is 0 Å². The van der Waals surface area contributed by atoms with E-state index in [0.29, 0.717) is 12.8 Å². The number of aliphatic hydroxyl groups is 1. The average Bonchev–Trinajstić information content (AvgIpc) is 3.13. The fraction of sp³-hybridized carbons (Fsp3) is 0.822. The van der Waals surface area contributed by atoms with Crippen molar-refractivity contribution in [2.75, 3.05) is 7.05 Å². The molecular weight excluding hydrogens is 666 g/mol. The van der Waals surface area contributed by atoms with Crippen LogP contribution in [0.15, 0.2) is 24.3 Å². The molecule has 0 spiro atoms. The van der Waals surface area contributed by atoms with Gasteiger partial charge in [0.2, 0.25) is 0 Å². The molecule has 3 atom stereocenters. The zero-order valence-corrected chi connectivity index (χ0v) is 34.8. The molecule has 0 saturated heterocycles. The number of ketones is 2. The number of unbranched alkanes of at least 4 members (excludes halogenated alkanes) is 22. The SMILES string of the molecule is CCCCCCCCC=CCCCCCCCC(=O)C(C)(CC(O)(NC)C(C)(C(=O)O)C(=O)CCCCCCC/C=C\CCCCCCCC)C(=O)O. The van der Waals surface area contributed by atoms with Gasteiger partial charge in [-0.25, -0.2) is 0 Å². The molecule has 0 aliphatic carbocycles. The second-order valence-electron chi connectivity index (χ2n) is 15.9. The van der Waals surface area contributed by atoms with Gasteiger partial charge in [-0.3, -0.25) is 24.5 Å². The minimum atomic E-state index is -2.46. The maximum Gasteiger partial charge on any atom is 0.321 e. The first kappa shape index (κ1) is 50.7. The number of carbonyl (C=O) groups excluding carboxylic acids is 2. The largest absolute Gasteiger partial charge is 0.481 e. The van der Waals surface area contributed by atoms with Crippen molar-refractivity contribution in [3.05, 3.63) is 24.3 Å². The summed E-state index contributed by atoms with van der Waals surface area (Å²) >= 11 is 0. The van der Waals surface area contributed by atoms with Crippen molar-refractivity contribution in [1.29, 1.82) is 0 Å². The van der Waals surface area contributed by atoms with E-state index in [4.69, 9.17) is 0 Å². The lowest BCUT2D eigenvalue weighted by atomic mass is 9.65. The van der Waals surface area contributed by atoms with E-state index in [0.717, 1.165) is 84.0 Å². The second kappa shape index (κ2) is 30.9. The molecule has 0 aliphatic heterocycles. The van der Waals surface area contributed by atoms with Gasteiger partial charge in [-0.2, -0.15) is 0 Å². The number of carbonyl (C=O) groups is 4. The summed E-state index contributed by atoms with van der Waals surface area (Å²) in [5.41, 5.74) is -6.87. The Morgan fingerprint density at radius 2 is 0.811 bits per heavy atom. The maximum atomic E-state index is 13.5. The normalized spacial score (nSPS) is 15.4. The van der Waals surface area contributed by atoms with E-state index in [-0.39, 0.29) is 12.8 Å². The number of Topliss-reactive ketones (excluding diaryl/α,β-unsaturated/α-hetero) is 2. The molecule has 53 heavy (non-hydrogen) atoms.